The van der Waals surface area contributed by atoms with Crippen LogP contribution in [0.15, 0.2) is 24.3 Å². The minimum Gasteiger partial charge on any atom is -0.433 e. The fourth-order valence-electron chi connectivity index (χ4n) is 2.77. The average Bonchev–Trinajstić information content (AvgIpc) is 2.43. The molecule has 1 heterocycles. The molecule has 1 aliphatic rings. The summed E-state index contributed by atoms with van der Waals surface area (Å²) in [6, 6.07) is 6.26. The second-order valence-corrected chi connectivity index (χ2v) is 5.62. The summed E-state index contributed by atoms with van der Waals surface area (Å²) in [5, 5.41) is 2.68. The van der Waals surface area contributed by atoms with E-state index < -0.39 is 6.61 Å². The number of para-hydroxylation sites is 2. The standard InChI is InChI=1S/C16H22F2N2O2/c17-16(18)22-14-9-5-4-8-13(14)19-15(21)12-20-10-6-2-1-3-7-11-20/h4-5,8-9,16H,1-3,6-7,10-12H2,(H,19,21)/p+1. The van der Waals surface area contributed by atoms with E-state index in [0.717, 1.165) is 25.9 Å². The minimum absolute atomic E-state index is 0.00600. The summed E-state index contributed by atoms with van der Waals surface area (Å²) in [6.45, 7) is -0.563. The number of rotatable bonds is 5. The van der Waals surface area contributed by atoms with E-state index >= 15 is 0 Å². The SMILES string of the molecule is O=C(C[NH+]1CCCCCCC1)Nc1ccccc1OC(F)F. The predicted molar refractivity (Wildman–Crippen MR) is 80.4 cm³/mol. The van der Waals surface area contributed by atoms with Gasteiger partial charge in [-0.1, -0.05) is 18.6 Å². The molecule has 122 valence electrons. The largest absolute Gasteiger partial charge is 0.433 e. The Morgan fingerprint density at radius 1 is 1.14 bits per heavy atom. The Morgan fingerprint density at radius 3 is 2.45 bits per heavy atom. The molecule has 22 heavy (non-hydrogen) atoms. The van der Waals surface area contributed by atoms with Crippen molar-refractivity contribution in [2.75, 3.05) is 25.0 Å². The maximum absolute atomic E-state index is 12.4. The van der Waals surface area contributed by atoms with Gasteiger partial charge in [0, 0.05) is 0 Å². The molecule has 0 radical (unpaired) electrons. The van der Waals surface area contributed by atoms with Crippen molar-refractivity contribution in [3.05, 3.63) is 24.3 Å². The Kier molecular flexibility index (Phi) is 6.58. The summed E-state index contributed by atoms with van der Waals surface area (Å²) in [6.07, 6.45) is 5.98. The zero-order chi connectivity index (χ0) is 15.8. The normalized spacial score (nSPS) is 16.9. The highest BCUT2D eigenvalue weighted by atomic mass is 19.3. The lowest BCUT2D eigenvalue weighted by Crippen LogP contribution is -3.13. The lowest BCUT2D eigenvalue weighted by atomic mass is 10.1. The van der Waals surface area contributed by atoms with Gasteiger partial charge in [-0.25, -0.2) is 0 Å². The molecule has 1 saturated heterocycles. The molecule has 4 nitrogen and oxygen atoms in total. The summed E-state index contributed by atoms with van der Waals surface area (Å²) < 4.78 is 29.1. The molecular formula is C16H23F2N2O2+. The molecule has 2 rings (SSSR count). The zero-order valence-corrected chi connectivity index (χ0v) is 12.6. The Bertz CT molecular complexity index is 475. The first-order chi connectivity index (χ1) is 10.6. The van der Waals surface area contributed by atoms with Crippen LogP contribution in [0.5, 0.6) is 5.75 Å². The van der Waals surface area contributed by atoms with Crippen molar-refractivity contribution in [1.29, 1.82) is 0 Å². The molecule has 1 aromatic carbocycles. The maximum Gasteiger partial charge on any atom is 0.387 e. The second kappa shape index (κ2) is 8.68. The van der Waals surface area contributed by atoms with Gasteiger partial charge >= 0.3 is 6.61 Å². The summed E-state index contributed by atoms with van der Waals surface area (Å²) in [5.41, 5.74) is 0.291. The predicted octanol–water partition coefficient (Wildman–Crippen LogP) is 2.08. The van der Waals surface area contributed by atoms with E-state index in [-0.39, 0.29) is 11.7 Å². The highest BCUT2D eigenvalue weighted by Crippen LogP contribution is 2.25. The van der Waals surface area contributed by atoms with Crippen molar-refractivity contribution in [2.45, 2.75) is 38.7 Å². The van der Waals surface area contributed by atoms with Gasteiger partial charge in [0.05, 0.1) is 18.8 Å². The lowest BCUT2D eigenvalue weighted by Gasteiger charge is -2.21. The van der Waals surface area contributed by atoms with Crippen LogP contribution in [-0.2, 0) is 4.79 Å². The molecule has 0 unspecified atom stereocenters. The van der Waals surface area contributed by atoms with Gasteiger partial charge in [-0.15, -0.1) is 0 Å². The van der Waals surface area contributed by atoms with E-state index in [1.165, 1.54) is 30.2 Å². The Balaban J connectivity index is 1.90. The molecule has 2 N–H and O–H groups in total. The van der Waals surface area contributed by atoms with Gasteiger partial charge in [-0.3, -0.25) is 4.79 Å². The van der Waals surface area contributed by atoms with Gasteiger partial charge in [0.25, 0.3) is 5.91 Å². The monoisotopic (exact) mass is 313 g/mol. The number of hydrogen-bond acceptors (Lipinski definition) is 2. The first-order valence-electron chi connectivity index (χ1n) is 7.82. The number of quaternary nitrogens is 1. The van der Waals surface area contributed by atoms with Gasteiger partial charge < -0.3 is 15.0 Å². The van der Waals surface area contributed by atoms with Crippen LogP contribution in [0, 0.1) is 0 Å². The number of ether oxygens (including phenoxy) is 1. The number of nitrogens with one attached hydrogen (secondary N) is 2. The van der Waals surface area contributed by atoms with Crippen LogP contribution in [0.4, 0.5) is 14.5 Å². The number of anilines is 1. The number of carbonyl (C=O) groups is 1. The van der Waals surface area contributed by atoms with Gasteiger partial charge in [-0.2, -0.15) is 8.78 Å². The lowest BCUT2D eigenvalue weighted by molar-refractivity contribution is -0.892. The van der Waals surface area contributed by atoms with E-state index in [1.54, 1.807) is 18.2 Å². The summed E-state index contributed by atoms with van der Waals surface area (Å²) in [4.78, 5) is 13.4. The number of amides is 1. The molecule has 1 amide bonds. The molecule has 0 aromatic heterocycles. The van der Waals surface area contributed by atoms with Crippen LogP contribution in [0.25, 0.3) is 0 Å². The number of halogens is 2. The molecule has 0 bridgehead atoms. The third kappa shape index (κ3) is 5.60. The number of likely N-dealkylation sites (tertiary alicyclic amines) is 1. The first kappa shape index (κ1) is 16.7. The third-order valence-corrected chi connectivity index (χ3v) is 3.85. The summed E-state index contributed by atoms with van der Waals surface area (Å²) >= 11 is 0. The number of benzene rings is 1. The number of alkyl halides is 2. The molecule has 0 spiro atoms. The molecule has 0 aliphatic carbocycles. The van der Waals surface area contributed by atoms with E-state index in [1.807, 2.05) is 0 Å². The van der Waals surface area contributed by atoms with E-state index in [0.29, 0.717) is 12.2 Å². The van der Waals surface area contributed by atoms with Crippen molar-refractivity contribution in [2.24, 2.45) is 0 Å². The van der Waals surface area contributed by atoms with Crippen molar-refractivity contribution < 1.29 is 23.2 Å². The fourth-order valence-corrected chi connectivity index (χ4v) is 2.77. The highest BCUT2D eigenvalue weighted by Gasteiger charge is 2.17. The van der Waals surface area contributed by atoms with E-state index in [4.69, 9.17) is 0 Å². The minimum atomic E-state index is -2.90. The van der Waals surface area contributed by atoms with Crippen LogP contribution < -0.4 is 15.0 Å². The van der Waals surface area contributed by atoms with Gasteiger partial charge in [-0.05, 0) is 37.8 Å². The van der Waals surface area contributed by atoms with Gasteiger partial charge in [0.1, 0.15) is 5.75 Å². The summed E-state index contributed by atoms with van der Waals surface area (Å²) in [5.74, 6) is -0.172. The van der Waals surface area contributed by atoms with Crippen LogP contribution in [0.2, 0.25) is 0 Å². The van der Waals surface area contributed by atoms with E-state index in [2.05, 4.69) is 10.1 Å². The number of carbonyl (C=O) groups excluding carboxylic acids is 1. The highest BCUT2D eigenvalue weighted by molar-refractivity contribution is 5.92. The molecule has 1 aromatic rings. The van der Waals surface area contributed by atoms with Crippen LogP contribution in [0.3, 0.4) is 0 Å². The van der Waals surface area contributed by atoms with Crippen molar-refractivity contribution >= 4 is 11.6 Å². The zero-order valence-electron chi connectivity index (χ0n) is 12.6. The van der Waals surface area contributed by atoms with Crippen LogP contribution >= 0.6 is 0 Å². The molecule has 0 saturated carbocycles. The van der Waals surface area contributed by atoms with Crippen molar-refractivity contribution in [3.8, 4) is 5.75 Å². The van der Waals surface area contributed by atoms with Gasteiger partial charge in [0.2, 0.25) is 0 Å². The Morgan fingerprint density at radius 2 is 1.77 bits per heavy atom. The molecule has 6 heteroatoms. The molecular weight excluding hydrogens is 290 g/mol. The third-order valence-electron chi connectivity index (χ3n) is 3.85. The first-order valence-corrected chi connectivity index (χ1v) is 7.82. The quantitative estimate of drug-likeness (QED) is 0.874. The molecule has 1 fully saturated rings. The topological polar surface area (TPSA) is 42.8 Å². The number of hydrogen-bond donors (Lipinski definition) is 2. The molecule has 0 atom stereocenters. The van der Waals surface area contributed by atoms with Crippen molar-refractivity contribution in [3.63, 3.8) is 0 Å². The summed E-state index contributed by atoms with van der Waals surface area (Å²) in [7, 11) is 0. The van der Waals surface area contributed by atoms with E-state index in [9.17, 15) is 13.6 Å². The average molecular weight is 313 g/mol. The van der Waals surface area contributed by atoms with Gasteiger partial charge in [0.15, 0.2) is 6.54 Å². The van der Waals surface area contributed by atoms with Crippen LogP contribution in [-0.4, -0.2) is 32.2 Å². The maximum atomic E-state index is 12.4. The molecule has 1 aliphatic heterocycles. The Labute approximate surface area is 129 Å². The second-order valence-electron chi connectivity index (χ2n) is 5.62. The van der Waals surface area contributed by atoms with Crippen LogP contribution in [0.1, 0.15) is 32.1 Å². The Hall–Kier alpha value is -1.69. The fraction of sp³-hybridized carbons (Fsp3) is 0.562. The van der Waals surface area contributed by atoms with Crippen molar-refractivity contribution in [1.82, 2.24) is 0 Å². The smallest absolute Gasteiger partial charge is 0.387 e.